The lowest BCUT2D eigenvalue weighted by Gasteiger charge is -2.20. The molecular weight excluding hydrogens is 593 g/mol. The van der Waals surface area contributed by atoms with Gasteiger partial charge in [0, 0.05) is 16.3 Å². The quantitative estimate of drug-likeness (QED) is 0.178. The molecule has 0 radical (unpaired) electrons. The van der Waals surface area contributed by atoms with E-state index in [1.54, 1.807) is 0 Å². The van der Waals surface area contributed by atoms with Crippen LogP contribution in [0.25, 0.3) is 98.8 Å². The molecule has 228 valence electrons. The molecule has 1 heterocycles. The van der Waals surface area contributed by atoms with E-state index in [0.29, 0.717) is 0 Å². The third-order valence-electron chi connectivity index (χ3n) is 10.1. The van der Waals surface area contributed by atoms with Crippen LogP contribution in [0.2, 0.25) is 0 Å². The van der Waals surface area contributed by atoms with Crippen LogP contribution in [0.3, 0.4) is 0 Å². The van der Waals surface area contributed by atoms with Gasteiger partial charge in [-0.2, -0.15) is 0 Å². The second-order valence-electron chi connectivity index (χ2n) is 12.8. The summed E-state index contributed by atoms with van der Waals surface area (Å²) in [4.78, 5) is 0. The zero-order chi connectivity index (χ0) is 32.3. The monoisotopic (exact) mass is 622 g/mol. The first-order chi connectivity index (χ1) is 24.3. The van der Waals surface area contributed by atoms with Gasteiger partial charge in [0.2, 0.25) is 0 Å². The number of hydrogen-bond donors (Lipinski definition) is 0. The van der Waals surface area contributed by atoms with Crippen LogP contribution in [0.15, 0.2) is 186 Å². The van der Waals surface area contributed by atoms with E-state index >= 15 is 0 Å². The zero-order valence-electron chi connectivity index (χ0n) is 26.7. The van der Waals surface area contributed by atoms with Crippen molar-refractivity contribution in [2.45, 2.75) is 0 Å². The number of furan rings is 1. The molecule has 0 N–H and O–H groups in total. The summed E-state index contributed by atoms with van der Waals surface area (Å²) in [6, 6.07) is 65.7. The lowest BCUT2D eigenvalue weighted by molar-refractivity contribution is 0.670. The minimum absolute atomic E-state index is 0.911. The second-order valence-corrected chi connectivity index (χ2v) is 12.8. The van der Waals surface area contributed by atoms with Gasteiger partial charge in [-0.15, -0.1) is 0 Å². The molecule has 9 aromatic carbocycles. The van der Waals surface area contributed by atoms with Crippen molar-refractivity contribution in [3.63, 3.8) is 0 Å². The largest absolute Gasteiger partial charge is 0.455 e. The van der Waals surface area contributed by atoms with E-state index in [-0.39, 0.29) is 0 Å². The van der Waals surface area contributed by atoms with Crippen LogP contribution in [0.1, 0.15) is 0 Å². The first kappa shape index (κ1) is 27.7. The Bertz CT molecular complexity index is 2830. The van der Waals surface area contributed by atoms with Crippen LogP contribution in [0.4, 0.5) is 0 Å². The van der Waals surface area contributed by atoms with Crippen molar-refractivity contribution in [3.8, 4) is 44.5 Å². The van der Waals surface area contributed by atoms with Crippen LogP contribution < -0.4 is 0 Å². The minimum atomic E-state index is 0.911. The summed E-state index contributed by atoms with van der Waals surface area (Å²) in [6.45, 7) is 0. The van der Waals surface area contributed by atoms with Gasteiger partial charge < -0.3 is 4.42 Å². The van der Waals surface area contributed by atoms with Gasteiger partial charge >= 0.3 is 0 Å². The maximum absolute atomic E-state index is 6.56. The van der Waals surface area contributed by atoms with Crippen LogP contribution in [-0.4, -0.2) is 0 Å². The number of rotatable bonds is 4. The van der Waals surface area contributed by atoms with E-state index in [1.807, 2.05) is 6.07 Å². The molecular formula is C48H30O. The Morgan fingerprint density at radius 2 is 0.776 bits per heavy atom. The summed E-state index contributed by atoms with van der Waals surface area (Å²) >= 11 is 0. The molecule has 0 saturated carbocycles. The molecule has 0 spiro atoms. The van der Waals surface area contributed by atoms with E-state index < -0.39 is 0 Å². The molecule has 0 aliphatic rings. The highest BCUT2D eigenvalue weighted by molar-refractivity contribution is 6.23. The fourth-order valence-corrected chi connectivity index (χ4v) is 7.94. The van der Waals surface area contributed by atoms with Crippen molar-refractivity contribution >= 4 is 54.3 Å². The smallest absolute Gasteiger partial charge is 0.143 e. The predicted molar refractivity (Wildman–Crippen MR) is 208 cm³/mol. The van der Waals surface area contributed by atoms with Gasteiger partial charge in [-0.3, -0.25) is 0 Å². The van der Waals surface area contributed by atoms with Crippen molar-refractivity contribution in [3.05, 3.63) is 182 Å². The molecule has 1 aromatic heterocycles. The Hall–Kier alpha value is -6.44. The van der Waals surface area contributed by atoms with Crippen molar-refractivity contribution in [2.75, 3.05) is 0 Å². The molecule has 1 nitrogen and oxygen atoms in total. The van der Waals surface area contributed by atoms with Crippen molar-refractivity contribution in [1.29, 1.82) is 0 Å². The number of benzene rings is 9. The average Bonchev–Trinajstić information content (AvgIpc) is 3.56. The van der Waals surface area contributed by atoms with Crippen LogP contribution in [0.5, 0.6) is 0 Å². The summed E-state index contributed by atoms with van der Waals surface area (Å²) in [7, 11) is 0. The summed E-state index contributed by atoms with van der Waals surface area (Å²) in [5, 5.41) is 9.74. The van der Waals surface area contributed by atoms with Crippen molar-refractivity contribution < 1.29 is 4.42 Å². The predicted octanol–water partition coefficient (Wildman–Crippen LogP) is 13.7. The lowest BCUT2D eigenvalue weighted by Crippen LogP contribution is -1.93. The van der Waals surface area contributed by atoms with E-state index in [4.69, 9.17) is 4.42 Å². The number of para-hydroxylation sites is 2. The van der Waals surface area contributed by atoms with Crippen molar-refractivity contribution in [2.24, 2.45) is 0 Å². The molecule has 0 amide bonds. The van der Waals surface area contributed by atoms with Gasteiger partial charge in [0.05, 0.1) is 0 Å². The Morgan fingerprint density at radius 3 is 1.55 bits per heavy atom. The normalized spacial score (nSPS) is 11.7. The fraction of sp³-hybridized carbons (Fsp3) is 0. The average molecular weight is 623 g/mol. The number of hydrogen-bond acceptors (Lipinski definition) is 1. The standard InChI is InChI=1S/C48H30O/c1-2-18-34-31(14-1)15-12-26-35(34)32-16-11-17-33(30-32)46-39-22-5-7-24-41(39)47(42-25-8-6-23-40(42)46)38-21-4-3-19-36(38)43-27-13-28-44-37-20-9-10-29-45(37)49-48(43)44/h1-30H. The van der Waals surface area contributed by atoms with Gasteiger partial charge in [-0.25, -0.2) is 0 Å². The van der Waals surface area contributed by atoms with E-state index in [0.717, 1.165) is 33.1 Å². The molecule has 49 heavy (non-hydrogen) atoms. The molecule has 10 aromatic rings. The van der Waals surface area contributed by atoms with Crippen LogP contribution >= 0.6 is 0 Å². The Balaban J connectivity index is 1.24. The Kier molecular flexibility index (Phi) is 6.25. The van der Waals surface area contributed by atoms with Gasteiger partial charge in [0.25, 0.3) is 0 Å². The van der Waals surface area contributed by atoms with E-state index in [9.17, 15) is 0 Å². The molecule has 10 rings (SSSR count). The maximum Gasteiger partial charge on any atom is 0.143 e. The zero-order valence-corrected chi connectivity index (χ0v) is 26.7. The Morgan fingerprint density at radius 1 is 0.286 bits per heavy atom. The highest BCUT2D eigenvalue weighted by Crippen LogP contribution is 2.47. The molecule has 0 aliphatic carbocycles. The highest BCUT2D eigenvalue weighted by Gasteiger charge is 2.21. The topological polar surface area (TPSA) is 13.1 Å². The first-order valence-electron chi connectivity index (χ1n) is 16.9. The van der Waals surface area contributed by atoms with E-state index in [1.165, 1.54) is 65.7 Å². The van der Waals surface area contributed by atoms with E-state index in [2.05, 4.69) is 176 Å². The summed E-state index contributed by atoms with van der Waals surface area (Å²) in [5.74, 6) is 0. The van der Waals surface area contributed by atoms with Gasteiger partial charge in [-0.1, -0.05) is 170 Å². The summed E-state index contributed by atoms with van der Waals surface area (Å²) in [6.07, 6.45) is 0. The lowest BCUT2D eigenvalue weighted by atomic mass is 9.83. The third kappa shape index (κ3) is 4.33. The maximum atomic E-state index is 6.56. The fourth-order valence-electron chi connectivity index (χ4n) is 7.94. The third-order valence-corrected chi connectivity index (χ3v) is 10.1. The molecule has 0 aliphatic heterocycles. The molecule has 0 saturated heterocycles. The summed E-state index contributed by atoms with van der Waals surface area (Å²) in [5.41, 5.74) is 11.5. The van der Waals surface area contributed by atoms with Crippen LogP contribution in [0, 0.1) is 0 Å². The first-order valence-corrected chi connectivity index (χ1v) is 16.9. The Labute approximate surface area is 284 Å². The molecule has 0 atom stereocenters. The molecule has 0 fully saturated rings. The number of fused-ring (bicyclic) bond motifs is 6. The van der Waals surface area contributed by atoms with Gasteiger partial charge in [0.1, 0.15) is 11.2 Å². The van der Waals surface area contributed by atoms with Crippen LogP contribution in [-0.2, 0) is 0 Å². The van der Waals surface area contributed by atoms with Gasteiger partial charge in [0.15, 0.2) is 0 Å². The minimum Gasteiger partial charge on any atom is -0.455 e. The SMILES string of the molecule is c1cc(-c2cccc3ccccc23)cc(-c2c3ccccc3c(-c3ccccc3-c3cccc4c3oc3ccccc34)c3ccccc23)c1. The molecule has 1 heteroatoms. The summed E-state index contributed by atoms with van der Waals surface area (Å²) < 4.78 is 6.56. The van der Waals surface area contributed by atoms with Crippen molar-refractivity contribution in [1.82, 2.24) is 0 Å². The molecule has 0 bridgehead atoms. The second kappa shape index (κ2) is 11.1. The highest BCUT2D eigenvalue weighted by atomic mass is 16.3. The molecule has 0 unspecified atom stereocenters. The van der Waals surface area contributed by atoms with Gasteiger partial charge in [-0.05, 0) is 83.4 Å².